The third-order valence-corrected chi connectivity index (χ3v) is 3.40. The Morgan fingerprint density at radius 1 is 0.958 bits per heavy atom. The van der Waals surface area contributed by atoms with E-state index in [1.807, 2.05) is 0 Å². The molecule has 0 bridgehead atoms. The van der Waals surface area contributed by atoms with Crippen molar-refractivity contribution in [3.05, 3.63) is 47.5 Å². The van der Waals surface area contributed by atoms with Crippen LogP contribution in [-0.4, -0.2) is 37.3 Å². The van der Waals surface area contributed by atoms with Gasteiger partial charge in [-0.2, -0.15) is 0 Å². The van der Waals surface area contributed by atoms with Crippen LogP contribution >= 0.6 is 0 Å². The maximum Gasteiger partial charge on any atom is 0.204 e. The van der Waals surface area contributed by atoms with Gasteiger partial charge in [-0.05, 0) is 42.5 Å². The molecule has 24 heavy (non-hydrogen) atoms. The third-order valence-electron chi connectivity index (χ3n) is 3.40. The van der Waals surface area contributed by atoms with Gasteiger partial charge in [0.15, 0.2) is 17.3 Å². The molecule has 0 saturated heterocycles. The number of aromatic hydroxyl groups is 2. The third kappa shape index (κ3) is 3.43. The van der Waals surface area contributed by atoms with Gasteiger partial charge < -0.3 is 24.4 Å². The topological polar surface area (TPSA) is 85.2 Å². The van der Waals surface area contributed by atoms with E-state index in [1.165, 1.54) is 51.7 Å². The summed E-state index contributed by atoms with van der Waals surface area (Å²) in [6.45, 7) is 0. The van der Waals surface area contributed by atoms with Gasteiger partial charge in [-0.15, -0.1) is 0 Å². The van der Waals surface area contributed by atoms with Crippen molar-refractivity contribution >= 4 is 11.9 Å². The Labute approximate surface area is 139 Å². The smallest absolute Gasteiger partial charge is 0.204 e. The molecule has 126 valence electrons. The quantitative estimate of drug-likeness (QED) is 0.481. The summed E-state index contributed by atoms with van der Waals surface area (Å²) >= 11 is 0. The number of ketones is 1. The maximum absolute atomic E-state index is 12.5. The Bertz CT molecular complexity index is 779. The summed E-state index contributed by atoms with van der Waals surface area (Å²) in [6.07, 6.45) is 2.69. The van der Waals surface area contributed by atoms with E-state index in [9.17, 15) is 15.0 Å². The largest absolute Gasteiger partial charge is 0.508 e. The Morgan fingerprint density at radius 2 is 1.67 bits per heavy atom. The second kappa shape index (κ2) is 7.41. The molecule has 0 atom stereocenters. The van der Waals surface area contributed by atoms with E-state index in [0.29, 0.717) is 17.1 Å². The number of ether oxygens (including phenoxy) is 3. The van der Waals surface area contributed by atoms with Gasteiger partial charge in [0, 0.05) is 5.56 Å². The molecule has 2 aromatic rings. The van der Waals surface area contributed by atoms with E-state index >= 15 is 0 Å². The summed E-state index contributed by atoms with van der Waals surface area (Å²) < 4.78 is 15.7. The summed E-state index contributed by atoms with van der Waals surface area (Å²) in [7, 11) is 4.37. The van der Waals surface area contributed by atoms with Gasteiger partial charge in [-0.3, -0.25) is 4.79 Å². The molecular formula is C18H18O6. The highest BCUT2D eigenvalue weighted by molar-refractivity contribution is 6.09. The standard InChI is InChI=1S/C18H18O6/c1-22-16-9-6-13(17(23-2)18(16)24-3)15(21)7-4-11-10-12(19)5-8-14(11)20/h4-10,19-20H,1-3H3. The van der Waals surface area contributed by atoms with Crippen molar-refractivity contribution in [3.8, 4) is 28.7 Å². The number of allylic oxidation sites excluding steroid dienone is 1. The summed E-state index contributed by atoms with van der Waals surface area (Å²) in [4.78, 5) is 12.5. The minimum absolute atomic E-state index is 0.0106. The molecule has 2 rings (SSSR count). The molecule has 0 aliphatic carbocycles. The fourth-order valence-corrected chi connectivity index (χ4v) is 2.23. The van der Waals surface area contributed by atoms with Gasteiger partial charge in [0.2, 0.25) is 5.75 Å². The molecule has 2 aromatic carbocycles. The van der Waals surface area contributed by atoms with Crippen molar-refractivity contribution in [2.45, 2.75) is 0 Å². The molecule has 0 spiro atoms. The minimum atomic E-state index is -0.351. The van der Waals surface area contributed by atoms with Crippen molar-refractivity contribution < 1.29 is 29.2 Å². The zero-order chi connectivity index (χ0) is 17.7. The Hall–Kier alpha value is -3.15. The minimum Gasteiger partial charge on any atom is -0.508 e. The number of carbonyl (C=O) groups excluding carboxylic acids is 1. The molecule has 6 nitrogen and oxygen atoms in total. The average Bonchev–Trinajstić information content (AvgIpc) is 2.60. The van der Waals surface area contributed by atoms with Crippen molar-refractivity contribution in [2.24, 2.45) is 0 Å². The molecule has 0 aliphatic heterocycles. The zero-order valence-electron chi connectivity index (χ0n) is 13.6. The number of methoxy groups -OCH3 is 3. The Morgan fingerprint density at radius 3 is 2.29 bits per heavy atom. The van der Waals surface area contributed by atoms with Crippen LogP contribution in [0.1, 0.15) is 15.9 Å². The molecule has 0 unspecified atom stereocenters. The molecule has 6 heteroatoms. The van der Waals surface area contributed by atoms with E-state index in [4.69, 9.17) is 14.2 Å². The average molecular weight is 330 g/mol. The van der Waals surface area contributed by atoms with Crippen LogP contribution in [0.4, 0.5) is 0 Å². The lowest BCUT2D eigenvalue weighted by Crippen LogP contribution is -2.02. The van der Waals surface area contributed by atoms with Gasteiger partial charge in [-0.25, -0.2) is 0 Å². The van der Waals surface area contributed by atoms with Crippen LogP contribution in [0.15, 0.2) is 36.4 Å². The van der Waals surface area contributed by atoms with Gasteiger partial charge in [-0.1, -0.05) is 0 Å². The lowest BCUT2D eigenvalue weighted by Gasteiger charge is -2.14. The fourth-order valence-electron chi connectivity index (χ4n) is 2.23. The SMILES string of the molecule is COc1ccc(C(=O)C=Cc2cc(O)ccc2O)c(OC)c1OC. The number of hydrogen-bond acceptors (Lipinski definition) is 6. The van der Waals surface area contributed by atoms with E-state index < -0.39 is 0 Å². The van der Waals surface area contributed by atoms with E-state index in [-0.39, 0.29) is 28.6 Å². The molecule has 2 N–H and O–H groups in total. The fraction of sp³-hybridized carbons (Fsp3) is 0.167. The first-order chi connectivity index (χ1) is 11.5. The van der Waals surface area contributed by atoms with Crippen molar-refractivity contribution in [3.63, 3.8) is 0 Å². The monoisotopic (exact) mass is 330 g/mol. The van der Waals surface area contributed by atoms with Crippen LogP contribution in [0.3, 0.4) is 0 Å². The molecule has 0 fully saturated rings. The number of benzene rings is 2. The van der Waals surface area contributed by atoms with Crippen LogP contribution in [0.2, 0.25) is 0 Å². The summed E-state index contributed by atoms with van der Waals surface area (Å²) in [5, 5.41) is 19.2. The van der Waals surface area contributed by atoms with Gasteiger partial charge in [0.05, 0.1) is 26.9 Å². The Kier molecular flexibility index (Phi) is 5.31. The van der Waals surface area contributed by atoms with Crippen molar-refractivity contribution in [1.82, 2.24) is 0 Å². The number of hydrogen-bond donors (Lipinski definition) is 2. The lowest BCUT2D eigenvalue weighted by atomic mass is 10.1. The number of carbonyl (C=O) groups is 1. The van der Waals surface area contributed by atoms with E-state index in [2.05, 4.69) is 0 Å². The highest BCUT2D eigenvalue weighted by Crippen LogP contribution is 2.40. The number of rotatable bonds is 6. The van der Waals surface area contributed by atoms with Crippen LogP contribution in [0.25, 0.3) is 6.08 Å². The normalized spacial score (nSPS) is 10.6. The first kappa shape index (κ1) is 17.2. The van der Waals surface area contributed by atoms with Gasteiger partial charge >= 0.3 is 0 Å². The van der Waals surface area contributed by atoms with Crippen molar-refractivity contribution in [1.29, 1.82) is 0 Å². The first-order valence-electron chi connectivity index (χ1n) is 7.05. The van der Waals surface area contributed by atoms with E-state index in [1.54, 1.807) is 12.1 Å². The molecule has 0 amide bonds. The van der Waals surface area contributed by atoms with Crippen LogP contribution < -0.4 is 14.2 Å². The first-order valence-corrected chi connectivity index (χ1v) is 7.05. The summed E-state index contributed by atoms with van der Waals surface area (Å²) in [5.74, 6) is 0.613. The van der Waals surface area contributed by atoms with Gasteiger partial charge in [0.1, 0.15) is 11.5 Å². The van der Waals surface area contributed by atoms with E-state index in [0.717, 1.165) is 0 Å². The molecule has 0 heterocycles. The van der Waals surface area contributed by atoms with Crippen LogP contribution in [0.5, 0.6) is 28.7 Å². The zero-order valence-corrected chi connectivity index (χ0v) is 13.6. The number of phenols is 2. The molecular weight excluding hydrogens is 312 g/mol. The van der Waals surface area contributed by atoms with Crippen molar-refractivity contribution in [2.75, 3.05) is 21.3 Å². The molecule has 0 aliphatic rings. The van der Waals surface area contributed by atoms with Gasteiger partial charge in [0.25, 0.3) is 0 Å². The predicted molar refractivity (Wildman–Crippen MR) is 89.2 cm³/mol. The molecule has 0 saturated carbocycles. The predicted octanol–water partition coefficient (Wildman–Crippen LogP) is 3.02. The van der Waals surface area contributed by atoms with Crippen LogP contribution in [0, 0.1) is 0 Å². The maximum atomic E-state index is 12.5. The lowest BCUT2D eigenvalue weighted by molar-refractivity contribution is 0.104. The summed E-state index contributed by atoms with van der Waals surface area (Å²) in [6, 6.07) is 7.22. The second-order valence-corrected chi connectivity index (χ2v) is 4.82. The highest BCUT2D eigenvalue weighted by atomic mass is 16.5. The number of phenolic OH excluding ortho intramolecular Hbond substituents is 2. The molecule has 0 radical (unpaired) electrons. The summed E-state index contributed by atoms with van der Waals surface area (Å²) in [5.41, 5.74) is 0.605. The highest BCUT2D eigenvalue weighted by Gasteiger charge is 2.19. The molecule has 0 aromatic heterocycles. The second-order valence-electron chi connectivity index (χ2n) is 4.82. The van der Waals surface area contributed by atoms with Crippen LogP contribution in [-0.2, 0) is 0 Å². The Balaban J connectivity index is 2.39.